The highest BCUT2D eigenvalue weighted by atomic mass is 79.9. The van der Waals surface area contributed by atoms with Gasteiger partial charge in [-0.3, -0.25) is 4.79 Å². The Hall–Kier alpha value is -2.99. The van der Waals surface area contributed by atoms with Crippen molar-refractivity contribution in [2.24, 2.45) is 5.10 Å². The Balaban J connectivity index is 1.71. The lowest BCUT2D eigenvalue weighted by atomic mass is 9.88. The molecule has 1 aliphatic rings. The number of hydrogen-bond donors (Lipinski definition) is 1. The van der Waals surface area contributed by atoms with Crippen molar-refractivity contribution in [1.29, 1.82) is 0 Å². The summed E-state index contributed by atoms with van der Waals surface area (Å²) in [5.74, 6) is 1.04. The molecule has 0 radical (unpaired) electrons. The molecule has 31 heavy (non-hydrogen) atoms. The van der Waals surface area contributed by atoms with Crippen molar-refractivity contribution >= 4 is 43.8 Å². The van der Waals surface area contributed by atoms with Crippen molar-refractivity contribution in [2.45, 2.75) is 38.0 Å². The predicted molar refractivity (Wildman–Crippen MR) is 128 cm³/mol. The minimum Gasteiger partial charge on any atom is -0.507 e. The number of rotatable bonds is 3. The van der Waals surface area contributed by atoms with Crippen LogP contribution in [-0.4, -0.2) is 21.0 Å². The molecule has 0 spiro atoms. The average Bonchev–Trinajstić information content (AvgIpc) is 2.80. The largest absolute Gasteiger partial charge is 0.507 e. The fraction of sp³-hybridized carbons (Fsp3) is 0.240. The summed E-state index contributed by atoms with van der Waals surface area (Å²) in [5.41, 5.74) is 1.09. The van der Waals surface area contributed by atoms with E-state index in [2.05, 4.69) is 21.0 Å². The third kappa shape index (κ3) is 3.76. The van der Waals surface area contributed by atoms with E-state index in [1.807, 2.05) is 42.5 Å². The van der Waals surface area contributed by atoms with Crippen LogP contribution in [0.2, 0.25) is 0 Å². The first-order valence-electron chi connectivity index (χ1n) is 10.6. The third-order valence-electron chi connectivity index (χ3n) is 6.05. The summed E-state index contributed by atoms with van der Waals surface area (Å²) >= 11 is 3.45. The number of aromatic nitrogens is 2. The van der Waals surface area contributed by atoms with Crippen molar-refractivity contribution < 1.29 is 5.11 Å². The van der Waals surface area contributed by atoms with Gasteiger partial charge < -0.3 is 5.11 Å². The van der Waals surface area contributed by atoms with E-state index in [4.69, 9.17) is 4.98 Å². The Bertz CT molecular complexity index is 1370. The summed E-state index contributed by atoms with van der Waals surface area (Å²) in [6.45, 7) is 0. The van der Waals surface area contributed by atoms with Crippen LogP contribution in [0.1, 0.15) is 49.4 Å². The number of phenolic OH excluding ortho intramolecular Hbond substituents is 1. The fourth-order valence-corrected chi connectivity index (χ4v) is 4.80. The summed E-state index contributed by atoms with van der Waals surface area (Å²) in [7, 11) is 0. The summed E-state index contributed by atoms with van der Waals surface area (Å²) in [5, 5.41) is 17.5. The molecule has 156 valence electrons. The number of phenols is 1. The summed E-state index contributed by atoms with van der Waals surface area (Å²) < 4.78 is 2.26. The second-order valence-corrected chi connectivity index (χ2v) is 8.96. The van der Waals surface area contributed by atoms with E-state index in [0.717, 1.165) is 40.9 Å². The Kier molecular flexibility index (Phi) is 5.32. The number of benzene rings is 3. The second kappa shape index (κ2) is 8.27. The average molecular weight is 476 g/mol. The van der Waals surface area contributed by atoms with Crippen molar-refractivity contribution in [2.75, 3.05) is 0 Å². The number of aromatic hydroxyl groups is 1. The Morgan fingerprint density at radius 3 is 2.68 bits per heavy atom. The topological polar surface area (TPSA) is 67.5 Å². The van der Waals surface area contributed by atoms with Gasteiger partial charge in [-0.15, -0.1) is 0 Å². The fourth-order valence-electron chi connectivity index (χ4n) is 4.44. The monoisotopic (exact) mass is 475 g/mol. The maximum absolute atomic E-state index is 13.4. The molecule has 6 heteroatoms. The number of halogens is 1. The minimum absolute atomic E-state index is 0.131. The van der Waals surface area contributed by atoms with E-state index >= 15 is 0 Å². The molecule has 0 amide bonds. The highest BCUT2D eigenvalue weighted by molar-refractivity contribution is 9.10. The van der Waals surface area contributed by atoms with Gasteiger partial charge in [-0.25, -0.2) is 4.98 Å². The lowest BCUT2D eigenvalue weighted by Crippen LogP contribution is -2.25. The number of fused-ring (bicyclic) bond motifs is 2. The minimum atomic E-state index is -0.192. The molecule has 0 saturated heterocycles. The van der Waals surface area contributed by atoms with Gasteiger partial charge in [0.15, 0.2) is 0 Å². The first kappa shape index (κ1) is 19.9. The van der Waals surface area contributed by atoms with Gasteiger partial charge in [0, 0.05) is 16.0 Å². The molecule has 3 aromatic carbocycles. The summed E-state index contributed by atoms with van der Waals surface area (Å²) in [6.07, 6.45) is 7.07. The van der Waals surface area contributed by atoms with Gasteiger partial charge in [0.25, 0.3) is 5.56 Å². The molecule has 0 bridgehead atoms. The molecule has 1 N–H and O–H groups in total. The molecule has 1 aliphatic carbocycles. The molecule has 5 rings (SSSR count). The smallest absolute Gasteiger partial charge is 0.282 e. The van der Waals surface area contributed by atoms with Gasteiger partial charge in [-0.1, -0.05) is 65.5 Å². The lowest BCUT2D eigenvalue weighted by molar-refractivity contribution is 0.416. The van der Waals surface area contributed by atoms with Gasteiger partial charge in [0.1, 0.15) is 11.6 Å². The van der Waals surface area contributed by atoms with Crippen LogP contribution < -0.4 is 5.56 Å². The summed E-state index contributed by atoms with van der Waals surface area (Å²) in [4.78, 5) is 18.3. The van der Waals surface area contributed by atoms with Crippen molar-refractivity contribution in [3.63, 3.8) is 0 Å². The van der Waals surface area contributed by atoms with E-state index in [0.29, 0.717) is 22.3 Å². The van der Waals surface area contributed by atoms with Crippen LogP contribution in [0.3, 0.4) is 0 Å². The van der Waals surface area contributed by atoms with Gasteiger partial charge in [0.05, 0.1) is 17.1 Å². The van der Waals surface area contributed by atoms with Gasteiger partial charge in [-0.05, 0) is 47.9 Å². The summed E-state index contributed by atoms with van der Waals surface area (Å²) in [6, 6.07) is 16.9. The Morgan fingerprint density at radius 1 is 1.03 bits per heavy atom. The van der Waals surface area contributed by atoms with Crippen LogP contribution in [0.5, 0.6) is 5.75 Å². The normalized spacial score (nSPS) is 15.3. The highest BCUT2D eigenvalue weighted by Gasteiger charge is 2.22. The molecule has 1 fully saturated rings. The van der Waals surface area contributed by atoms with E-state index in [-0.39, 0.29) is 17.2 Å². The molecule has 1 saturated carbocycles. The zero-order valence-corrected chi connectivity index (χ0v) is 18.5. The van der Waals surface area contributed by atoms with Crippen molar-refractivity contribution in [3.8, 4) is 5.75 Å². The van der Waals surface area contributed by atoms with Gasteiger partial charge in [-0.2, -0.15) is 9.78 Å². The van der Waals surface area contributed by atoms with Gasteiger partial charge in [0.2, 0.25) is 0 Å². The standard InChI is InChI=1S/C25H22BrN3O2/c26-18-11-12-22-20(14-18)25(31)29(24(28-22)17-7-2-1-3-8-17)27-15-21-19-9-5-4-6-16(19)10-13-23(21)30/h4-6,9-15,17,30H,1-3,7-8H2. The molecule has 1 aromatic heterocycles. The predicted octanol–water partition coefficient (Wildman–Crippen LogP) is 5.95. The van der Waals surface area contributed by atoms with Crippen LogP contribution in [0.25, 0.3) is 21.7 Å². The Morgan fingerprint density at radius 2 is 1.84 bits per heavy atom. The zero-order chi connectivity index (χ0) is 21.4. The molecule has 4 aromatic rings. The van der Waals surface area contributed by atoms with Crippen LogP contribution in [0, 0.1) is 0 Å². The van der Waals surface area contributed by atoms with Crippen LogP contribution in [0.4, 0.5) is 0 Å². The van der Waals surface area contributed by atoms with E-state index in [1.54, 1.807) is 18.3 Å². The van der Waals surface area contributed by atoms with Gasteiger partial charge >= 0.3 is 0 Å². The second-order valence-electron chi connectivity index (χ2n) is 8.05. The molecule has 0 aliphatic heterocycles. The molecule has 1 heterocycles. The third-order valence-corrected chi connectivity index (χ3v) is 6.55. The zero-order valence-electron chi connectivity index (χ0n) is 17.0. The first-order chi connectivity index (χ1) is 15.1. The SMILES string of the molecule is O=c1c2cc(Br)ccc2nc(C2CCCCC2)n1N=Cc1c(O)ccc2ccccc12. The molecule has 0 atom stereocenters. The van der Waals surface area contributed by atoms with Crippen molar-refractivity contribution in [3.05, 3.63) is 80.8 Å². The van der Waals surface area contributed by atoms with Crippen molar-refractivity contribution in [1.82, 2.24) is 9.66 Å². The highest BCUT2D eigenvalue weighted by Crippen LogP contribution is 2.32. The molecular formula is C25H22BrN3O2. The maximum Gasteiger partial charge on any atom is 0.282 e. The number of hydrogen-bond acceptors (Lipinski definition) is 4. The van der Waals surface area contributed by atoms with E-state index in [9.17, 15) is 9.90 Å². The van der Waals surface area contributed by atoms with E-state index in [1.165, 1.54) is 11.1 Å². The van der Waals surface area contributed by atoms with Crippen LogP contribution >= 0.6 is 15.9 Å². The molecule has 5 nitrogen and oxygen atoms in total. The maximum atomic E-state index is 13.4. The van der Waals surface area contributed by atoms with Crippen LogP contribution in [0.15, 0.2) is 69.0 Å². The molecular weight excluding hydrogens is 454 g/mol. The Labute approximate surface area is 188 Å². The quantitative estimate of drug-likeness (QED) is 0.372. The van der Waals surface area contributed by atoms with Crippen LogP contribution in [-0.2, 0) is 0 Å². The van der Waals surface area contributed by atoms with E-state index < -0.39 is 0 Å². The first-order valence-corrected chi connectivity index (χ1v) is 11.4. The lowest BCUT2D eigenvalue weighted by Gasteiger charge is -2.22. The molecule has 0 unspecified atom stereocenters. The number of nitrogens with zero attached hydrogens (tertiary/aromatic N) is 3.